The fraction of sp³-hybridized carbons (Fsp3) is 0.308. The molecule has 2 aromatic rings. The topological polar surface area (TPSA) is 38.9 Å². The van der Waals surface area contributed by atoms with Crippen LogP contribution < -0.4 is 5.73 Å². The van der Waals surface area contributed by atoms with E-state index in [1.807, 2.05) is 0 Å². The molecule has 0 saturated carbocycles. The molecule has 0 radical (unpaired) electrons. The molecule has 2 N–H and O–H groups in total. The largest absolute Gasteiger partial charge is 0.398 e. The standard InChI is InChI=1S/C13H13IN2/c14-8-5-6-12-10(7-8)13(15)9-3-1-2-4-11(9)16-12/h5-7H,1-4H2,(H2,15,16). The van der Waals surface area contributed by atoms with E-state index in [1.165, 1.54) is 27.7 Å². The lowest BCUT2D eigenvalue weighted by molar-refractivity contribution is 0.673. The Labute approximate surface area is 108 Å². The Morgan fingerprint density at radius 1 is 1.19 bits per heavy atom. The molecule has 1 aliphatic rings. The molecule has 0 atom stereocenters. The first-order valence-electron chi connectivity index (χ1n) is 5.62. The normalized spacial score (nSPS) is 15.1. The summed E-state index contributed by atoms with van der Waals surface area (Å²) in [5.74, 6) is 0. The van der Waals surface area contributed by atoms with Crippen molar-refractivity contribution < 1.29 is 0 Å². The molecule has 1 aromatic heterocycles. The third kappa shape index (κ3) is 1.57. The van der Waals surface area contributed by atoms with Crippen LogP contribution in [0.4, 0.5) is 5.69 Å². The number of aromatic nitrogens is 1. The number of anilines is 1. The van der Waals surface area contributed by atoms with E-state index in [2.05, 4.69) is 40.8 Å². The molecule has 0 aliphatic heterocycles. The molecule has 3 heteroatoms. The van der Waals surface area contributed by atoms with Gasteiger partial charge >= 0.3 is 0 Å². The van der Waals surface area contributed by atoms with Crippen LogP contribution in [0.2, 0.25) is 0 Å². The van der Waals surface area contributed by atoms with Crippen molar-refractivity contribution in [1.29, 1.82) is 0 Å². The van der Waals surface area contributed by atoms with Gasteiger partial charge in [0.1, 0.15) is 0 Å². The Balaban J connectivity index is 2.35. The molecule has 2 nitrogen and oxygen atoms in total. The smallest absolute Gasteiger partial charge is 0.0726 e. The van der Waals surface area contributed by atoms with Gasteiger partial charge in [-0.2, -0.15) is 0 Å². The number of halogens is 1. The number of hydrogen-bond acceptors (Lipinski definition) is 2. The predicted molar refractivity (Wildman–Crippen MR) is 75.5 cm³/mol. The number of nitrogens with zero attached hydrogens (tertiary/aromatic N) is 1. The number of nitrogen functional groups attached to an aromatic ring is 1. The summed E-state index contributed by atoms with van der Waals surface area (Å²) in [5, 5.41) is 1.12. The number of nitrogens with two attached hydrogens (primary N) is 1. The minimum Gasteiger partial charge on any atom is -0.398 e. The lowest BCUT2D eigenvalue weighted by Crippen LogP contribution is -2.09. The molecule has 1 aromatic carbocycles. The fourth-order valence-corrected chi connectivity index (χ4v) is 2.92. The quantitative estimate of drug-likeness (QED) is 0.755. The van der Waals surface area contributed by atoms with Crippen molar-refractivity contribution in [3.05, 3.63) is 33.0 Å². The van der Waals surface area contributed by atoms with Crippen LogP contribution >= 0.6 is 22.6 Å². The number of pyridine rings is 1. The second kappa shape index (κ2) is 3.87. The molecule has 3 rings (SSSR count). The van der Waals surface area contributed by atoms with Gasteiger partial charge in [0.25, 0.3) is 0 Å². The van der Waals surface area contributed by atoms with Crippen molar-refractivity contribution in [2.45, 2.75) is 25.7 Å². The van der Waals surface area contributed by atoms with Crippen molar-refractivity contribution in [2.75, 3.05) is 5.73 Å². The summed E-state index contributed by atoms with van der Waals surface area (Å²) in [4.78, 5) is 4.73. The number of rotatable bonds is 0. The summed E-state index contributed by atoms with van der Waals surface area (Å²) in [7, 11) is 0. The highest BCUT2D eigenvalue weighted by atomic mass is 127. The second-order valence-corrected chi connectivity index (χ2v) is 5.56. The SMILES string of the molecule is Nc1c2c(nc3ccc(I)cc13)CCCC2. The third-order valence-corrected chi connectivity index (χ3v) is 3.94. The number of benzene rings is 1. The lowest BCUT2D eigenvalue weighted by Gasteiger charge is -2.18. The van der Waals surface area contributed by atoms with Gasteiger partial charge in [-0.3, -0.25) is 4.98 Å². The Bertz CT molecular complexity index is 563. The van der Waals surface area contributed by atoms with E-state index in [9.17, 15) is 0 Å². The molecule has 0 bridgehead atoms. The maximum atomic E-state index is 6.27. The van der Waals surface area contributed by atoms with Gasteiger partial charge in [0.2, 0.25) is 0 Å². The highest BCUT2D eigenvalue weighted by Gasteiger charge is 2.16. The van der Waals surface area contributed by atoms with Crippen molar-refractivity contribution in [3.63, 3.8) is 0 Å². The van der Waals surface area contributed by atoms with Crippen LogP contribution in [-0.4, -0.2) is 4.98 Å². The van der Waals surface area contributed by atoms with Crippen LogP contribution in [-0.2, 0) is 12.8 Å². The van der Waals surface area contributed by atoms with Crippen molar-refractivity contribution >= 4 is 39.2 Å². The van der Waals surface area contributed by atoms with E-state index in [4.69, 9.17) is 10.7 Å². The zero-order valence-electron chi connectivity index (χ0n) is 8.96. The molecular weight excluding hydrogens is 311 g/mol. The van der Waals surface area contributed by atoms with E-state index in [1.54, 1.807) is 0 Å². The van der Waals surface area contributed by atoms with Gasteiger partial charge < -0.3 is 5.73 Å². The highest BCUT2D eigenvalue weighted by Crippen LogP contribution is 2.31. The highest BCUT2D eigenvalue weighted by molar-refractivity contribution is 14.1. The van der Waals surface area contributed by atoms with Crippen LogP contribution in [0.5, 0.6) is 0 Å². The van der Waals surface area contributed by atoms with Gasteiger partial charge in [0.15, 0.2) is 0 Å². The fourth-order valence-electron chi connectivity index (χ4n) is 2.43. The summed E-state index contributed by atoms with van der Waals surface area (Å²) in [6.07, 6.45) is 4.67. The van der Waals surface area contributed by atoms with Crippen LogP contribution in [0.25, 0.3) is 10.9 Å². The molecular formula is C13H13IN2. The van der Waals surface area contributed by atoms with Crippen LogP contribution in [0.1, 0.15) is 24.1 Å². The Hall–Kier alpha value is -0.840. The summed E-state index contributed by atoms with van der Waals surface area (Å²) in [6, 6.07) is 6.29. The first kappa shape index (κ1) is 10.3. The third-order valence-electron chi connectivity index (χ3n) is 3.27. The zero-order chi connectivity index (χ0) is 11.1. The van der Waals surface area contributed by atoms with Gasteiger partial charge in [-0.15, -0.1) is 0 Å². The number of aryl methyl sites for hydroxylation is 1. The van der Waals surface area contributed by atoms with Gasteiger partial charge in [0, 0.05) is 20.3 Å². The minimum atomic E-state index is 0.957. The summed E-state index contributed by atoms with van der Waals surface area (Å²) in [5.41, 5.74) is 10.8. The molecule has 0 saturated heterocycles. The Morgan fingerprint density at radius 3 is 2.88 bits per heavy atom. The number of fused-ring (bicyclic) bond motifs is 2. The van der Waals surface area contributed by atoms with E-state index in [0.29, 0.717) is 0 Å². The maximum Gasteiger partial charge on any atom is 0.0726 e. The Morgan fingerprint density at radius 2 is 2.00 bits per heavy atom. The van der Waals surface area contributed by atoms with E-state index in [-0.39, 0.29) is 0 Å². The van der Waals surface area contributed by atoms with E-state index in [0.717, 1.165) is 29.4 Å². The average Bonchev–Trinajstić information content (AvgIpc) is 2.31. The molecule has 0 fully saturated rings. The van der Waals surface area contributed by atoms with Gasteiger partial charge in [-0.05, 0) is 72.0 Å². The maximum absolute atomic E-state index is 6.27. The molecule has 16 heavy (non-hydrogen) atoms. The monoisotopic (exact) mass is 324 g/mol. The minimum absolute atomic E-state index is 0.957. The van der Waals surface area contributed by atoms with Crippen LogP contribution in [0.3, 0.4) is 0 Å². The zero-order valence-corrected chi connectivity index (χ0v) is 11.1. The van der Waals surface area contributed by atoms with Gasteiger partial charge in [-0.1, -0.05) is 0 Å². The average molecular weight is 324 g/mol. The van der Waals surface area contributed by atoms with Crippen LogP contribution in [0, 0.1) is 3.57 Å². The van der Waals surface area contributed by atoms with Crippen molar-refractivity contribution in [2.24, 2.45) is 0 Å². The number of hydrogen-bond donors (Lipinski definition) is 1. The van der Waals surface area contributed by atoms with Gasteiger partial charge in [0.05, 0.1) is 5.52 Å². The summed E-state index contributed by atoms with van der Waals surface area (Å²) >= 11 is 2.32. The van der Waals surface area contributed by atoms with E-state index < -0.39 is 0 Å². The first-order chi connectivity index (χ1) is 7.75. The van der Waals surface area contributed by atoms with Crippen LogP contribution in [0.15, 0.2) is 18.2 Å². The molecule has 0 amide bonds. The van der Waals surface area contributed by atoms with Gasteiger partial charge in [-0.25, -0.2) is 0 Å². The summed E-state index contributed by atoms with van der Waals surface area (Å²) in [6.45, 7) is 0. The molecule has 0 unspecified atom stereocenters. The van der Waals surface area contributed by atoms with Crippen molar-refractivity contribution in [3.8, 4) is 0 Å². The summed E-state index contributed by atoms with van der Waals surface area (Å²) < 4.78 is 1.22. The molecule has 82 valence electrons. The first-order valence-corrected chi connectivity index (χ1v) is 6.70. The predicted octanol–water partition coefficient (Wildman–Crippen LogP) is 3.30. The van der Waals surface area contributed by atoms with Crippen molar-refractivity contribution in [1.82, 2.24) is 4.98 Å². The van der Waals surface area contributed by atoms with E-state index >= 15 is 0 Å². The molecule has 1 aliphatic carbocycles. The second-order valence-electron chi connectivity index (χ2n) is 4.32. The molecule has 1 heterocycles. The molecule has 0 spiro atoms. The lowest BCUT2D eigenvalue weighted by atomic mass is 9.93. The Kier molecular flexibility index (Phi) is 2.50.